The first-order valence-electron chi connectivity index (χ1n) is 6.81. The first-order valence-corrected chi connectivity index (χ1v) is 8.71. The number of carboxylic acid groups (broad SMARTS) is 3. The molecule has 0 aliphatic rings. The summed E-state index contributed by atoms with van der Waals surface area (Å²) in [5.74, 6) is 2.89. The molecule has 0 aliphatic carbocycles. The molecule has 152 valence electrons. The molecule has 3 N–H and O–H groups in total. The zero-order chi connectivity index (χ0) is 22.1. The number of allylic oxidation sites excluding steroid dienone is 3. The Balaban J connectivity index is -0.000000133. The molecule has 9 nitrogen and oxygen atoms in total. The lowest BCUT2D eigenvalue weighted by Crippen LogP contribution is -1.93. The van der Waals surface area contributed by atoms with E-state index in [1.165, 1.54) is 17.8 Å². The van der Waals surface area contributed by atoms with Gasteiger partial charge >= 0.3 is 17.9 Å². The van der Waals surface area contributed by atoms with Crippen molar-refractivity contribution in [3.63, 3.8) is 0 Å². The molecular weight excluding hydrogens is 420 g/mol. The molecule has 0 atom stereocenters. The maximum absolute atomic E-state index is 9.70. The van der Waals surface area contributed by atoms with Gasteiger partial charge in [-0.1, -0.05) is 0 Å². The van der Waals surface area contributed by atoms with Gasteiger partial charge in [0.15, 0.2) is 0 Å². The quantitative estimate of drug-likeness (QED) is 0.181. The maximum Gasteiger partial charge on any atom is 0.304 e. The third-order valence-electron chi connectivity index (χ3n) is 1.52. The summed E-state index contributed by atoms with van der Waals surface area (Å²) in [6.07, 6.45) is 2.07. The van der Waals surface area contributed by atoms with Crippen molar-refractivity contribution in [2.75, 3.05) is 17.3 Å². The van der Waals surface area contributed by atoms with Crippen molar-refractivity contribution in [3.8, 4) is 0 Å². The Morgan fingerprint density at radius 2 is 0.926 bits per heavy atom. The second-order valence-electron chi connectivity index (χ2n) is 3.68. The highest BCUT2D eigenvalue weighted by Gasteiger charge is 1.89. The predicted molar refractivity (Wildman–Crippen MR) is 108 cm³/mol. The van der Waals surface area contributed by atoms with Crippen molar-refractivity contribution in [1.29, 1.82) is 0 Å². The highest BCUT2D eigenvalue weighted by atomic mass is 32.1. The molecule has 27 heavy (non-hydrogen) atoms. The molecule has 0 saturated heterocycles. The number of hydrogen-bond donors (Lipinski definition) is 6. The fourth-order valence-corrected chi connectivity index (χ4v) is 1.09. The minimum absolute atomic E-state index is 0.153. The molecule has 0 unspecified atom stereocenters. The van der Waals surface area contributed by atoms with Gasteiger partial charge in [0.2, 0.25) is 0 Å². The van der Waals surface area contributed by atoms with Crippen LogP contribution < -0.4 is 0 Å². The van der Waals surface area contributed by atoms with Crippen LogP contribution in [0.15, 0.2) is 17.7 Å². The van der Waals surface area contributed by atoms with E-state index in [1.54, 1.807) is 0 Å². The van der Waals surface area contributed by atoms with Crippen LogP contribution in [0.25, 0.3) is 0 Å². The number of carbonyl (C=O) groups is 3. The third-order valence-corrected chi connectivity index (χ3v) is 2.19. The van der Waals surface area contributed by atoms with E-state index in [2.05, 4.69) is 37.9 Å². The molecule has 0 fully saturated rings. The molecule has 0 amide bonds. The molecule has 0 aromatic heterocycles. The van der Waals surface area contributed by atoms with Gasteiger partial charge in [0.1, 0.15) is 17.8 Å². The molecule has 0 spiro atoms. The second-order valence-corrected chi connectivity index (χ2v) is 5.03. The summed E-state index contributed by atoms with van der Waals surface area (Å²) in [6, 6.07) is 0. The Morgan fingerprint density at radius 1 is 0.667 bits per heavy atom. The van der Waals surface area contributed by atoms with Crippen molar-refractivity contribution in [2.45, 2.75) is 19.3 Å². The van der Waals surface area contributed by atoms with Gasteiger partial charge in [0.05, 0.1) is 24.8 Å². The van der Waals surface area contributed by atoms with Gasteiger partial charge < -0.3 is 15.3 Å². The lowest BCUT2D eigenvalue weighted by molar-refractivity contribution is -0.137. The third kappa shape index (κ3) is 51.6. The van der Waals surface area contributed by atoms with Gasteiger partial charge in [-0.2, -0.15) is 37.9 Å². The van der Waals surface area contributed by atoms with Gasteiger partial charge in [0.25, 0.3) is 0 Å². The minimum Gasteiger partial charge on any atom is -0.481 e. The highest BCUT2D eigenvalue weighted by molar-refractivity contribution is 7.80. The Labute approximate surface area is 172 Å². The summed E-state index contributed by atoms with van der Waals surface area (Å²) in [5, 5.41) is 23.6. The van der Waals surface area contributed by atoms with Crippen LogP contribution in [0, 0.1) is 0 Å². The Morgan fingerprint density at radius 3 is 1.00 bits per heavy atom. The summed E-state index contributed by atoms with van der Waals surface area (Å²) >= 11 is 11.0. The molecular formula is C15H20O9S3. The first kappa shape index (κ1) is 32.5. The Hall–Kier alpha value is -2.19. The number of aliphatic carboxylic acids is 3. The largest absolute Gasteiger partial charge is 0.481 e. The zero-order valence-corrected chi connectivity index (χ0v) is 16.7. The predicted octanol–water partition coefficient (Wildman–Crippen LogP) is 0.693. The molecule has 0 aromatic rings. The van der Waals surface area contributed by atoms with Crippen LogP contribution in [0.5, 0.6) is 0 Å². The summed E-state index contributed by atoms with van der Waals surface area (Å²) in [4.78, 5) is 57.4. The summed E-state index contributed by atoms with van der Waals surface area (Å²) < 4.78 is 0. The van der Waals surface area contributed by atoms with Crippen molar-refractivity contribution in [3.05, 3.63) is 17.7 Å². The van der Waals surface area contributed by atoms with Crippen molar-refractivity contribution < 1.29 is 44.1 Å². The van der Waals surface area contributed by atoms with Crippen molar-refractivity contribution in [1.82, 2.24) is 0 Å². The van der Waals surface area contributed by atoms with E-state index in [0.717, 1.165) is 12.2 Å². The fraction of sp³-hybridized carbons (Fsp3) is 0.400. The van der Waals surface area contributed by atoms with Crippen LogP contribution in [-0.4, -0.2) is 68.3 Å². The van der Waals surface area contributed by atoms with Gasteiger partial charge in [-0.25, -0.2) is 14.4 Å². The topological polar surface area (TPSA) is 163 Å². The summed E-state index contributed by atoms with van der Waals surface area (Å²) in [5.41, 5.74) is -0.153. The Bertz CT molecular complexity index is 513. The number of carboxylic acids is 3. The number of carbonyl (C=O) groups excluding carboxylic acids is 3. The summed E-state index contributed by atoms with van der Waals surface area (Å²) in [6.45, 7) is 0. The van der Waals surface area contributed by atoms with E-state index < -0.39 is 17.9 Å². The summed E-state index contributed by atoms with van der Waals surface area (Å²) in [7, 11) is 0. The monoisotopic (exact) mass is 440 g/mol. The molecule has 0 bridgehead atoms. The maximum atomic E-state index is 9.70. The number of rotatable bonds is 8. The van der Waals surface area contributed by atoms with Crippen LogP contribution in [0.4, 0.5) is 0 Å². The minimum atomic E-state index is -0.787. The van der Waals surface area contributed by atoms with Crippen LogP contribution in [0.2, 0.25) is 0 Å². The molecule has 12 heteroatoms. The molecule has 0 radical (unpaired) electrons. The van der Waals surface area contributed by atoms with Gasteiger partial charge in [-0.15, -0.1) is 0 Å². The van der Waals surface area contributed by atoms with E-state index in [1.807, 2.05) is 0 Å². The van der Waals surface area contributed by atoms with Crippen LogP contribution in [-0.2, 0) is 28.8 Å². The van der Waals surface area contributed by atoms with Gasteiger partial charge in [-0.05, 0) is 0 Å². The highest BCUT2D eigenvalue weighted by Crippen LogP contribution is 1.84. The Kier molecular flexibility index (Phi) is 34.4. The van der Waals surface area contributed by atoms with Crippen molar-refractivity contribution in [2.24, 2.45) is 0 Å². The average Bonchev–Trinajstić information content (AvgIpc) is 2.56. The second kappa shape index (κ2) is 28.6. The molecule has 0 heterocycles. The van der Waals surface area contributed by atoms with Crippen molar-refractivity contribution >= 4 is 73.6 Å². The molecule has 0 rings (SSSR count). The lowest BCUT2D eigenvalue weighted by atomic mass is 10.3. The van der Waals surface area contributed by atoms with Gasteiger partial charge in [-0.3, -0.25) is 14.4 Å². The molecule has 0 aliphatic heterocycles. The first-order chi connectivity index (χ1) is 12.7. The average molecular weight is 441 g/mol. The number of thiol groups is 3. The SMILES string of the molecule is O=C(O)CCS.O=C(O)CCS.O=C(O)CCS.O=C=CC(=C=O)C=C=O. The number of hydrogen-bond acceptors (Lipinski definition) is 9. The van der Waals surface area contributed by atoms with E-state index in [0.29, 0.717) is 17.3 Å². The molecule has 0 saturated carbocycles. The van der Waals surface area contributed by atoms with E-state index in [4.69, 9.17) is 15.3 Å². The standard InChI is InChI=1S/C6H2O3.3C3H6O2S/c7-3-1-6(5-9)2-4-8;3*4-3(5)1-2-6/h1-2H;3*6H,1-2H2,(H,4,5). The van der Waals surface area contributed by atoms with Crippen LogP contribution >= 0.6 is 37.9 Å². The van der Waals surface area contributed by atoms with Crippen LogP contribution in [0.1, 0.15) is 19.3 Å². The zero-order valence-electron chi connectivity index (χ0n) is 14.0. The van der Waals surface area contributed by atoms with E-state index in [9.17, 15) is 28.8 Å². The molecule has 0 aromatic carbocycles. The van der Waals surface area contributed by atoms with Gasteiger partial charge in [0, 0.05) is 29.4 Å². The fourth-order valence-electron chi connectivity index (χ4n) is 0.514. The van der Waals surface area contributed by atoms with E-state index in [-0.39, 0.29) is 24.8 Å². The lowest BCUT2D eigenvalue weighted by Gasteiger charge is -1.79. The normalized spacial score (nSPS) is 7.37. The van der Waals surface area contributed by atoms with E-state index >= 15 is 0 Å². The smallest absolute Gasteiger partial charge is 0.304 e. The van der Waals surface area contributed by atoms with Crippen LogP contribution in [0.3, 0.4) is 0 Å².